The van der Waals surface area contributed by atoms with Crippen LogP contribution in [0.2, 0.25) is 0 Å². The number of anilines is 1. The second-order valence-corrected chi connectivity index (χ2v) is 4.58. The molecule has 0 atom stereocenters. The van der Waals surface area contributed by atoms with Crippen molar-refractivity contribution in [2.45, 2.75) is 12.7 Å². The van der Waals surface area contributed by atoms with Gasteiger partial charge in [-0.2, -0.15) is 18.4 Å². The summed E-state index contributed by atoms with van der Waals surface area (Å²) < 4.78 is 43.7. The first kappa shape index (κ1) is 15.7. The van der Waals surface area contributed by atoms with Gasteiger partial charge in [0.1, 0.15) is 5.75 Å². The third kappa shape index (κ3) is 3.70. The topological polar surface area (TPSA) is 45.0 Å². The molecule has 0 aliphatic rings. The van der Waals surface area contributed by atoms with Gasteiger partial charge in [-0.25, -0.2) is 0 Å². The zero-order valence-corrected chi connectivity index (χ0v) is 11.7. The molecule has 0 heterocycles. The monoisotopic (exact) mass is 306 g/mol. The van der Waals surface area contributed by atoms with E-state index in [4.69, 9.17) is 10.00 Å². The Kier molecular flexibility index (Phi) is 4.56. The van der Waals surface area contributed by atoms with E-state index in [1.54, 1.807) is 31.4 Å². The third-order valence-corrected chi connectivity index (χ3v) is 3.08. The van der Waals surface area contributed by atoms with Crippen LogP contribution in [0.1, 0.15) is 16.7 Å². The maximum Gasteiger partial charge on any atom is 0.417 e. The highest BCUT2D eigenvalue weighted by molar-refractivity contribution is 5.53. The van der Waals surface area contributed by atoms with Crippen LogP contribution in [0.5, 0.6) is 5.75 Å². The third-order valence-electron chi connectivity index (χ3n) is 3.08. The summed E-state index contributed by atoms with van der Waals surface area (Å²) in [6, 6.07) is 12.3. The Hall–Kier alpha value is -2.68. The minimum absolute atomic E-state index is 0.300. The first-order valence-corrected chi connectivity index (χ1v) is 6.42. The van der Waals surface area contributed by atoms with Crippen molar-refractivity contribution < 1.29 is 17.9 Å². The Morgan fingerprint density at radius 1 is 1.18 bits per heavy atom. The van der Waals surface area contributed by atoms with Crippen LogP contribution in [0.3, 0.4) is 0 Å². The van der Waals surface area contributed by atoms with E-state index in [0.717, 1.165) is 17.7 Å². The average molecular weight is 306 g/mol. The molecule has 1 N–H and O–H groups in total. The summed E-state index contributed by atoms with van der Waals surface area (Å²) in [6.45, 7) is 0.348. The highest BCUT2D eigenvalue weighted by Gasteiger charge is 2.33. The highest BCUT2D eigenvalue weighted by Crippen LogP contribution is 2.33. The molecule has 0 aliphatic carbocycles. The van der Waals surface area contributed by atoms with Gasteiger partial charge in [-0.1, -0.05) is 12.1 Å². The van der Waals surface area contributed by atoms with Gasteiger partial charge in [-0.15, -0.1) is 0 Å². The van der Waals surface area contributed by atoms with Crippen LogP contribution in [0.4, 0.5) is 18.9 Å². The molecule has 2 rings (SSSR count). The van der Waals surface area contributed by atoms with E-state index in [1.807, 2.05) is 6.07 Å². The van der Waals surface area contributed by atoms with Gasteiger partial charge in [0.2, 0.25) is 0 Å². The molecule has 0 fully saturated rings. The zero-order valence-electron chi connectivity index (χ0n) is 11.7. The Morgan fingerprint density at radius 3 is 2.59 bits per heavy atom. The van der Waals surface area contributed by atoms with E-state index >= 15 is 0 Å². The van der Waals surface area contributed by atoms with E-state index in [0.29, 0.717) is 18.0 Å². The number of ether oxygens (including phenoxy) is 1. The summed E-state index contributed by atoms with van der Waals surface area (Å²) in [6.07, 6.45) is -4.56. The number of hydrogen-bond acceptors (Lipinski definition) is 3. The second kappa shape index (κ2) is 6.39. The summed E-state index contributed by atoms with van der Waals surface area (Å²) in [5.74, 6) is 0.676. The number of alkyl halides is 3. The van der Waals surface area contributed by atoms with Crippen molar-refractivity contribution in [3.8, 4) is 11.8 Å². The maximum atomic E-state index is 12.9. The van der Waals surface area contributed by atoms with Gasteiger partial charge in [-0.3, -0.25) is 0 Å². The predicted octanol–water partition coefficient (Wildman–Crippen LogP) is 4.20. The van der Waals surface area contributed by atoms with Gasteiger partial charge in [0.25, 0.3) is 0 Å². The van der Waals surface area contributed by atoms with Crippen LogP contribution < -0.4 is 10.1 Å². The molecule has 0 unspecified atom stereocenters. The summed E-state index contributed by atoms with van der Waals surface area (Å²) >= 11 is 0. The second-order valence-electron chi connectivity index (χ2n) is 4.58. The van der Waals surface area contributed by atoms with Crippen molar-refractivity contribution in [3.63, 3.8) is 0 Å². The standard InChI is InChI=1S/C16H13F3N2O/c1-22-14-4-2-3-11(7-14)10-21-13-6-5-12(9-20)15(8-13)16(17,18)19/h2-8,21H,10H2,1H3. The molecular weight excluding hydrogens is 293 g/mol. The Morgan fingerprint density at radius 2 is 1.95 bits per heavy atom. The van der Waals surface area contributed by atoms with E-state index in [-0.39, 0.29) is 5.56 Å². The highest BCUT2D eigenvalue weighted by atomic mass is 19.4. The number of halogens is 3. The maximum absolute atomic E-state index is 12.9. The first-order valence-electron chi connectivity index (χ1n) is 6.42. The Bertz CT molecular complexity index is 705. The molecule has 2 aromatic carbocycles. The molecule has 0 radical (unpaired) electrons. The molecule has 0 saturated carbocycles. The van der Waals surface area contributed by atoms with Crippen molar-refractivity contribution >= 4 is 5.69 Å². The molecule has 0 bridgehead atoms. The molecular formula is C16H13F3N2O. The number of rotatable bonds is 4. The number of nitrogens with one attached hydrogen (secondary N) is 1. The molecule has 2 aromatic rings. The van der Waals surface area contributed by atoms with Crippen LogP contribution in [0.15, 0.2) is 42.5 Å². The molecule has 0 aromatic heterocycles. The van der Waals surface area contributed by atoms with E-state index < -0.39 is 11.7 Å². The number of methoxy groups -OCH3 is 1. The normalized spacial score (nSPS) is 10.9. The lowest BCUT2D eigenvalue weighted by molar-refractivity contribution is -0.137. The van der Waals surface area contributed by atoms with Crippen LogP contribution in [0, 0.1) is 11.3 Å². The molecule has 0 spiro atoms. The summed E-state index contributed by atoms with van der Waals surface area (Å²) in [4.78, 5) is 0. The van der Waals surface area contributed by atoms with Gasteiger partial charge in [-0.05, 0) is 35.9 Å². The molecule has 0 saturated heterocycles. The minimum Gasteiger partial charge on any atom is -0.497 e. The Balaban J connectivity index is 2.18. The van der Waals surface area contributed by atoms with Crippen LogP contribution >= 0.6 is 0 Å². The number of benzene rings is 2. The van der Waals surface area contributed by atoms with Crippen molar-refractivity contribution in [3.05, 3.63) is 59.2 Å². The first-order chi connectivity index (χ1) is 10.4. The summed E-state index contributed by atoms with van der Waals surface area (Å²) in [7, 11) is 1.54. The van der Waals surface area contributed by atoms with Crippen molar-refractivity contribution in [1.82, 2.24) is 0 Å². The van der Waals surface area contributed by atoms with Crippen molar-refractivity contribution in [2.24, 2.45) is 0 Å². The molecule has 3 nitrogen and oxygen atoms in total. The average Bonchev–Trinajstić information content (AvgIpc) is 2.52. The van der Waals surface area contributed by atoms with Gasteiger partial charge < -0.3 is 10.1 Å². The van der Waals surface area contributed by atoms with Gasteiger partial charge in [0, 0.05) is 12.2 Å². The quantitative estimate of drug-likeness (QED) is 0.921. The molecule has 22 heavy (non-hydrogen) atoms. The molecule has 0 aliphatic heterocycles. The largest absolute Gasteiger partial charge is 0.497 e. The fraction of sp³-hybridized carbons (Fsp3) is 0.188. The van der Waals surface area contributed by atoms with Gasteiger partial charge in [0.05, 0.1) is 24.3 Å². The van der Waals surface area contributed by atoms with Crippen LogP contribution in [-0.2, 0) is 12.7 Å². The van der Waals surface area contributed by atoms with Gasteiger partial charge in [0.15, 0.2) is 0 Å². The Labute approximate surface area is 126 Å². The predicted molar refractivity (Wildman–Crippen MR) is 76.5 cm³/mol. The van der Waals surface area contributed by atoms with E-state index in [2.05, 4.69) is 5.32 Å². The molecule has 6 heteroatoms. The number of nitriles is 1. The zero-order chi connectivity index (χ0) is 16.2. The molecule has 114 valence electrons. The number of nitrogens with zero attached hydrogens (tertiary/aromatic N) is 1. The fourth-order valence-corrected chi connectivity index (χ4v) is 1.97. The SMILES string of the molecule is COc1cccc(CNc2ccc(C#N)c(C(F)(F)F)c2)c1. The molecule has 0 amide bonds. The van der Waals surface area contributed by atoms with E-state index in [9.17, 15) is 13.2 Å². The number of hydrogen-bond donors (Lipinski definition) is 1. The van der Waals surface area contributed by atoms with Crippen LogP contribution in [0.25, 0.3) is 0 Å². The van der Waals surface area contributed by atoms with Crippen molar-refractivity contribution in [2.75, 3.05) is 12.4 Å². The smallest absolute Gasteiger partial charge is 0.417 e. The lowest BCUT2D eigenvalue weighted by Crippen LogP contribution is -2.09. The summed E-state index contributed by atoms with van der Waals surface area (Å²) in [5, 5.41) is 11.7. The van der Waals surface area contributed by atoms with Gasteiger partial charge >= 0.3 is 6.18 Å². The fourth-order valence-electron chi connectivity index (χ4n) is 1.97. The lowest BCUT2D eigenvalue weighted by atomic mass is 10.1. The lowest BCUT2D eigenvalue weighted by Gasteiger charge is -2.12. The minimum atomic E-state index is -4.56. The van der Waals surface area contributed by atoms with Crippen molar-refractivity contribution in [1.29, 1.82) is 5.26 Å². The van der Waals surface area contributed by atoms with E-state index in [1.165, 1.54) is 6.07 Å². The van der Waals surface area contributed by atoms with Crippen LogP contribution in [-0.4, -0.2) is 7.11 Å². The summed E-state index contributed by atoms with van der Waals surface area (Å²) in [5.41, 5.74) is -0.156.